The molecule has 2 amide bonds. The average Bonchev–Trinajstić information content (AvgIpc) is 3.31. The van der Waals surface area contributed by atoms with E-state index in [1.807, 2.05) is 6.07 Å². The quantitative estimate of drug-likeness (QED) is 0.332. The van der Waals surface area contributed by atoms with Crippen molar-refractivity contribution in [3.8, 4) is 17.5 Å². The van der Waals surface area contributed by atoms with Crippen LogP contribution in [-0.4, -0.2) is 72.1 Å². The van der Waals surface area contributed by atoms with Gasteiger partial charge in [0.2, 0.25) is 5.60 Å². The summed E-state index contributed by atoms with van der Waals surface area (Å²) >= 11 is 0. The zero-order valence-electron chi connectivity index (χ0n) is 18.2. The van der Waals surface area contributed by atoms with Crippen LogP contribution in [0.5, 0.6) is 0 Å². The summed E-state index contributed by atoms with van der Waals surface area (Å²) in [7, 11) is 0.420. The minimum atomic E-state index is -1.69. The number of nitrogens with one attached hydrogen (secondary N) is 2. The monoisotopic (exact) mass is 469 g/mol. The number of nitrogens with zero attached hydrogens (tertiary/aromatic N) is 5. The van der Waals surface area contributed by atoms with Gasteiger partial charge in [-0.25, -0.2) is 18.6 Å². The molecule has 0 bridgehead atoms. The van der Waals surface area contributed by atoms with Gasteiger partial charge in [0.15, 0.2) is 5.69 Å². The number of hydrogen-bond acceptors (Lipinski definition) is 7. The fourth-order valence-corrected chi connectivity index (χ4v) is 4.63. The topological polar surface area (TPSA) is 144 Å². The van der Waals surface area contributed by atoms with Gasteiger partial charge in [0.1, 0.15) is 0 Å². The van der Waals surface area contributed by atoms with Gasteiger partial charge in [-0.3, -0.25) is 9.59 Å². The molecule has 0 saturated carbocycles. The number of amides is 2. The number of carbonyl (C=O) groups is 2. The van der Waals surface area contributed by atoms with Crippen LogP contribution >= 0.6 is 0 Å². The molecule has 0 spiro atoms. The second-order valence-corrected chi connectivity index (χ2v) is 9.28. The Morgan fingerprint density at radius 3 is 2.85 bits per heavy atom. The second kappa shape index (κ2) is 8.86. The highest BCUT2D eigenvalue weighted by atomic mass is 32.2. The third-order valence-corrected chi connectivity index (χ3v) is 6.81. The van der Waals surface area contributed by atoms with Crippen LogP contribution in [0.4, 0.5) is 0 Å². The molecule has 4 rings (SSSR count). The molecule has 1 aromatic heterocycles. The maximum Gasteiger partial charge on any atom is 0.293 e. The van der Waals surface area contributed by atoms with Crippen molar-refractivity contribution in [2.75, 3.05) is 26.4 Å². The van der Waals surface area contributed by atoms with E-state index < -0.39 is 28.4 Å². The Bertz CT molecular complexity index is 1230. The summed E-state index contributed by atoms with van der Waals surface area (Å²) in [5.74, 6) is 4.55. The lowest BCUT2D eigenvalue weighted by atomic mass is 10.0. The number of rotatable bonds is 4. The number of likely N-dealkylation sites (N-methyl/N-ethyl adjacent to an activating group) is 1. The van der Waals surface area contributed by atoms with E-state index in [1.54, 1.807) is 40.5 Å². The fourth-order valence-electron chi connectivity index (χ4n) is 3.97. The molecule has 1 fully saturated rings. The van der Waals surface area contributed by atoms with Crippen LogP contribution in [0.3, 0.4) is 0 Å². The predicted octanol–water partition coefficient (Wildman–Crippen LogP) is 0.144. The number of hydrogen-bond donors (Lipinski definition) is 3. The second-order valence-electron chi connectivity index (χ2n) is 7.91. The molecule has 1 saturated heterocycles. The molecule has 2 atom stereocenters. The van der Waals surface area contributed by atoms with E-state index in [0.29, 0.717) is 36.3 Å². The first-order chi connectivity index (χ1) is 15.7. The molecule has 3 N–H and O–H groups in total. The molecule has 1 aromatic carbocycles. The van der Waals surface area contributed by atoms with Crippen LogP contribution in [0.1, 0.15) is 33.7 Å². The summed E-state index contributed by atoms with van der Waals surface area (Å²) in [6.45, 7) is 1.26. The van der Waals surface area contributed by atoms with Crippen LogP contribution in [0.25, 0.3) is 5.69 Å². The van der Waals surface area contributed by atoms with E-state index in [-0.39, 0.29) is 18.7 Å². The van der Waals surface area contributed by atoms with Gasteiger partial charge in [-0.05, 0) is 18.2 Å². The molecule has 2 aliphatic heterocycles. The molecule has 12 heteroatoms. The number of aromatic nitrogens is 2. The molecule has 0 radical (unpaired) electrons. The highest BCUT2D eigenvalue weighted by molar-refractivity contribution is 7.81. The summed E-state index contributed by atoms with van der Waals surface area (Å²) in [5.41, 5.74) is 10.1. The minimum absolute atomic E-state index is 0.113. The highest BCUT2D eigenvalue weighted by Crippen LogP contribution is 2.27. The zero-order chi connectivity index (χ0) is 23.8. The molecule has 0 aliphatic carbocycles. The van der Waals surface area contributed by atoms with Crippen molar-refractivity contribution < 1.29 is 18.9 Å². The fraction of sp³-hybridized carbons (Fsp3) is 0.381. The summed E-state index contributed by atoms with van der Waals surface area (Å²) in [4.78, 5) is 26.1. The predicted molar refractivity (Wildman–Crippen MR) is 118 cm³/mol. The number of likely N-dealkylation sites (tertiary alicyclic amines) is 1. The molecular weight excluding hydrogens is 446 g/mol. The van der Waals surface area contributed by atoms with E-state index in [1.165, 1.54) is 4.90 Å². The van der Waals surface area contributed by atoms with Crippen molar-refractivity contribution in [1.29, 1.82) is 5.53 Å². The molecule has 11 nitrogen and oxygen atoms in total. The van der Waals surface area contributed by atoms with Crippen LogP contribution in [-0.2, 0) is 28.7 Å². The van der Waals surface area contributed by atoms with E-state index in [9.17, 15) is 18.9 Å². The van der Waals surface area contributed by atoms with E-state index in [2.05, 4.69) is 27.6 Å². The van der Waals surface area contributed by atoms with Crippen LogP contribution in [0.15, 0.2) is 29.5 Å². The average molecular weight is 470 g/mol. The molecule has 172 valence electrons. The Balaban J connectivity index is 1.72. The van der Waals surface area contributed by atoms with Gasteiger partial charge in [-0.15, -0.1) is 0 Å². The van der Waals surface area contributed by atoms with E-state index >= 15 is 0 Å². The molecule has 33 heavy (non-hydrogen) atoms. The van der Waals surface area contributed by atoms with Crippen LogP contribution in [0, 0.1) is 17.4 Å². The number of fused-ring (bicyclic) bond motifs is 1. The maximum atomic E-state index is 12.5. The Morgan fingerprint density at radius 1 is 1.39 bits per heavy atom. The maximum absolute atomic E-state index is 12.5. The summed E-state index contributed by atoms with van der Waals surface area (Å²) in [6, 6.07) is 7.10. The molecule has 3 heterocycles. The van der Waals surface area contributed by atoms with Gasteiger partial charge in [-0.1, -0.05) is 23.1 Å². The number of carbonyl (C=O) groups excluding carboxylic acids is 2. The van der Waals surface area contributed by atoms with E-state index in [4.69, 9.17) is 5.53 Å². The Hall–Kier alpha value is -3.40. The lowest BCUT2D eigenvalue weighted by Crippen LogP contribution is -2.37. The van der Waals surface area contributed by atoms with Crippen LogP contribution < -0.4 is 5.43 Å². The van der Waals surface area contributed by atoms with Crippen molar-refractivity contribution in [3.05, 3.63) is 46.8 Å². The lowest BCUT2D eigenvalue weighted by Gasteiger charge is -2.25. The third-order valence-electron chi connectivity index (χ3n) is 5.77. The smallest absolute Gasteiger partial charge is 0.293 e. The number of benzene rings is 1. The summed E-state index contributed by atoms with van der Waals surface area (Å²) in [5, 5.41) is 18.0. The van der Waals surface area contributed by atoms with Gasteiger partial charge in [0.25, 0.3) is 11.8 Å². The van der Waals surface area contributed by atoms with E-state index in [0.717, 1.165) is 5.69 Å². The summed E-state index contributed by atoms with van der Waals surface area (Å²) in [6.07, 6.45) is 2.34. The van der Waals surface area contributed by atoms with Crippen LogP contribution in [0.2, 0.25) is 0 Å². The van der Waals surface area contributed by atoms with Crippen molar-refractivity contribution in [2.45, 2.75) is 25.0 Å². The van der Waals surface area contributed by atoms with Crippen molar-refractivity contribution in [2.24, 2.45) is 5.22 Å². The standard InChI is InChI=1S/C21H23N7O4S/c1-26-11-9-21(31,20(26)30)8-6-14-4-3-5-15(12-14)28-17-7-10-27(33(2)32)13-16(17)18(24-28)19(29)23-25-22/h3-5,12,31H,7,9-11,13H2,1-2H3,(H2,22,23,29)/t21-,33?/m0/s1. The first-order valence-corrected chi connectivity index (χ1v) is 11.7. The number of aliphatic hydroxyl groups is 1. The van der Waals surface area contributed by atoms with Gasteiger partial charge in [0.05, 0.1) is 22.4 Å². The van der Waals surface area contributed by atoms with Crippen molar-refractivity contribution in [3.63, 3.8) is 0 Å². The molecule has 2 aliphatic rings. The first kappa shape index (κ1) is 22.8. The van der Waals surface area contributed by atoms with Gasteiger partial charge >= 0.3 is 0 Å². The lowest BCUT2D eigenvalue weighted by molar-refractivity contribution is -0.137. The van der Waals surface area contributed by atoms with Crippen molar-refractivity contribution in [1.82, 2.24) is 24.4 Å². The Labute approximate surface area is 192 Å². The zero-order valence-corrected chi connectivity index (χ0v) is 19.0. The molecular formula is C21H23N7O4S. The van der Waals surface area contributed by atoms with Gasteiger partial charge < -0.3 is 10.0 Å². The Morgan fingerprint density at radius 2 is 2.18 bits per heavy atom. The highest BCUT2D eigenvalue weighted by Gasteiger charge is 2.42. The third kappa shape index (κ3) is 4.30. The normalized spacial score (nSPS) is 21.2. The minimum Gasteiger partial charge on any atom is -0.369 e. The summed E-state index contributed by atoms with van der Waals surface area (Å²) < 4.78 is 15.4. The van der Waals surface area contributed by atoms with Gasteiger partial charge in [0, 0.05) is 56.9 Å². The SMILES string of the molecule is CN1CC[C@@](O)(C#Cc2cccc(-n3nc(C(=O)NN=N)c4c3CCN(S(C)=O)C4)c2)C1=O. The molecule has 2 aromatic rings. The first-order valence-electron chi connectivity index (χ1n) is 10.2. The van der Waals surface area contributed by atoms with Gasteiger partial charge in [-0.2, -0.15) is 10.6 Å². The largest absolute Gasteiger partial charge is 0.369 e. The molecule has 1 unspecified atom stereocenters. The Kier molecular flexibility index (Phi) is 6.11. The van der Waals surface area contributed by atoms with Crippen molar-refractivity contribution >= 4 is 22.8 Å².